The first-order chi connectivity index (χ1) is 14.0. The average molecular weight is 436 g/mol. The number of amides is 4. The number of hydrogen-bond acceptors (Lipinski definition) is 4. The Balaban J connectivity index is 1.87. The second kappa shape index (κ2) is 7.91. The van der Waals surface area contributed by atoms with Gasteiger partial charge in [0.05, 0.1) is 0 Å². The van der Waals surface area contributed by atoms with E-state index in [2.05, 4.69) is 66.0 Å². The third-order valence-electron chi connectivity index (χ3n) is 7.07. The molecule has 3 saturated heterocycles. The summed E-state index contributed by atoms with van der Waals surface area (Å²) < 4.78 is 0. The number of carbonyl (C=O) groups is 2. The minimum atomic E-state index is -0.124. The molecule has 2 N–H and O–H groups in total. The fourth-order valence-corrected chi connectivity index (χ4v) is 6.72. The average Bonchev–Trinajstić information content (AvgIpc) is 2.65. The predicted octanol–water partition coefficient (Wildman–Crippen LogP) is 3.78. The molecule has 3 rings (SSSR count). The lowest BCUT2D eigenvalue weighted by molar-refractivity contribution is 0.0701. The molecule has 0 saturated carbocycles. The largest absolute Gasteiger partial charge is 0.328 e. The molecule has 0 atom stereocenters. The van der Waals surface area contributed by atoms with Crippen molar-refractivity contribution in [2.75, 3.05) is 19.6 Å². The maximum absolute atomic E-state index is 13.6. The standard InChI is InChI=1S/C24H45N5O2/c1-10-27-19(30)28(17-13-21(2,3)25-22(4,5)14-17)11-12-29(20(27)31)18-15-23(6,7)26-24(8,9)16-18/h17-18,25-26H,10-16H2,1-9H3. The molecule has 4 amide bonds. The Morgan fingerprint density at radius 3 is 1.23 bits per heavy atom. The molecule has 3 aliphatic heterocycles. The summed E-state index contributed by atoms with van der Waals surface area (Å²) in [5.41, 5.74) is -0.211. The van der Waals surface area contributed by atoms with Crippen LogP contribution in [0.3, 0.4) is 0 Å². The van der Waals surface area contributed by atoms with E-state index in [1.807, 2.05) is 16.7 Å². The van der Waals surface area contributed by atoms with E-state index in [-0.39, 0.29) is 46.3 Å². The van der Waals surface area contributed by atoms with Gasteiger partial charge in [-0.3, -0.25) is 0 Å². The van der Waals surface area contributed by atoms with Crippen LogP contribution in [0.1, 0.15) is 88.0 Å². The number of nitrogens with one attached hydrogen (secondary N) is 2. The zero-order valence-electron chi connectivity index (χ0n) is 21.3. The summed E-state index contributed by atoms with van der Waals surface area (Å²) in [6, 6.07) is 0.00446. The highest BCUT2D eigenvalue weighted by atomic mass is 16.2. The number of carbonyl (C=O) groups excluding carboxylic acids is 2. The quantitative estimate of drug-likeness (QED) is 0.708. The van der Waals surface area contributed by atoms with Crippen molar-refractivity contribution in [1.29, 1.82) is 0 Å². The van der Waals surface area contributed by atoms with E-state index in [1.54, 1.807) is 0 Å². The van der Waals surface area contributed by atoms with Gasteiger partial charge < -0.3 is 20.4 Å². The Labute approximate surface area is 189 Å². The van der Waals surface area contributed by atoms with E-state index < -0.39 is 0 Å². The van der Waals surface area contributed by atoms with Gasteiger partial charge >= 0.3 is 12.1 Å². The van der Waals surface area contributed by atoms with Crippen LogP contribution in [-0.4, -0.2) is 80.6 Å². The van der Waals surface area contributed by atoms with E-state index in [9.17, 15) is 9.59 Å². The van der Waals surface area contributed by atoms with Gasteiger partial charge in [0.15, 0.2) is 0 Å². The van der Waals surface area contributed by atoms with Gasteiger partial charge in [-0.15, -0.1) is 0 Å². The highest BCUT2D eigenvalue weighted by Gasteiger charge is 2.47. The molecule has 3 heterocycles. The summed E-state index contributed by atoms with van der Waals surface area (Å²) >= 11 is 0. The van der Waals surface area contributed by atoms with Gasteiger partial charge in [-0.2, -0.15) is 0 Å². The minimum absolute atomic E-state index is 0.0527. The second-order valence-electron chi connectivity index (χ2n) is 12.6. The summed E-state index contributed by atoms with van der Waals surface area (Å²) in [6.45, 7) is 21.2. The molecule has 0 bridgehead atoms. The molecule has 0 aromatic carbocycles. The van der Waals surface area contributed by atoms with Gasteiger partial charge in [-0.05, 0) is 88.0 Å². The Kier molecular flexibility index (Phi) is 6.20. The lowest BCUT2D eigenvalue weighted by atomic mass is 9.78. The zero-order chi connectivity index (χ0) is 23.4. The van der Waals surface area contributed by atoms with Crippen molar-refractivity contribution in [2.45, 2.75) is 122 Å². The maximum atomic E-state index is 13.6. The van der Waals surface area contributed by atoms with Crippen LogP contribution in [0.2, 0.25) is 0 Å². The molecule has 31 heavy (non-hydrogen) atoms. The molecule has 3 aliphatic rings. The first-order valence-corrected chi connectivity index (χ1v) is 12.0. The van der Waals surface area contributed by atoms with Crippen LogP contribution in [0.5, 0.6) is 0 Å². The lowest BCUT2D eigenvalue weighted by Gasteiger charge is -2.50. The maximum Gasteiger partial charge on any atom is 0.328 e. The fourth-order valence-electron chi connectivity index (χ4n) is 6.72. The van der Waals surface area contributed by atoms with Crippen LogP contribution in [0.4, 0.5) is 9.59 Å². The highest BCUT2D eigenvalue weighted by Crippen LogP contribution is 2.35. The summed E-state index contributed by atoms with van der Waals surface area (Å²) in [5, 5.41) is 7.42. The number of imide groups is 1. The minimum Gasteiger partial charge on any atom is -0.319 e. The number of nitrogens with zero attached hydrogens (tertiary/aromatic N) is 3. The topological polar surface area (TPSA) is 67.9 Å². The van der Waals surface area contributed by atoms with Gasteiger partial charge in [-0.1, -0.05) is 0 Å². The molecule has 3 fully saturated rings. The third-order valence-corrected chi connectivity index (χ3v) is 7.07. The third kappa shape index (κ3) is 5.36. The van der Waals surface area contributed by atoms with Crippen LogP contribution < -0.4 is 10.6 Å². The second-order valence-corrected chi connectivity index (χ2v) is 12.6. The first-order valence-electron chi connectivity index (χ1n) is 12.0. The predicted molar refractivity (Wildman–Crippen MR) is 125 cm³/mol. The van der Waals surface area contributed by atoms with Gasteiger partial charge in [0.25, 0.3) is 0 Å². The SMILES string of the molecule is CCN1C(=O)N(C2CC(C)(C)NC(C)(C)C2)CCN(C2CC(C)(C)NC(C)(C)C2)C1=O. The summed E-state index contributed by atoms with van der Waals surface area (Å²) in [4.78, 5) is 32.6. The number of urea groups is 2. The van der Waals surface area contributed by atoms with Gasteiger partial charge in [0.2, 0.25) is 0 Å². The summed E-state index contributed by atoms with van der Waals surface area (Å²) in [6.07, 6.45) is 3.56. The summed E-state index contributed by atoms with van der Waals surface area (Å²) in [7, 11) is 0. The lowest BCUT2D eigenvalue weighted by Crippen LogP contribution is -2.63. The van der Waals surface area contributed by atoms with Gasteiger partial charge in [0.1, 0.15) is 0 Å². The van der Waals surface area contributed by atoms with E-state index >= 15 is 0 Å². The van der Waals surface area contributed by atoms with Crippen LogP contribution in [-0.2, 0) is 0 Å². The van der Waals surface area contributed by atoms with E-state index in [1.165, 1.54) is 4.90 Å². The number of piperidine rings is 2. The van der Waals surface area contributed by atoms with Crippen molar-refractivity contribution >= 4 is 12.1 Å². The van der Waals surface area contributed by atoms with E-state index in [0.29, 0.717) is 19.6 Å². The monoisotopic (exact) mass is 435 g/mol. The molecule has 0 radical (unpaired) electrons. The van der Waals surface area contributed by atoms with Gasteiger partial charge in [0, 0.05) is 53.9 Å². The fraction of sp³-hybridized carbons (Fsp3) is 0.917. The van der Waals surface area contributed by atoms with Crippen molar-refractivity contribution in [3.05, 3.63) is 0 Å². The van der Waals surface area contributed by atoms with Crippen molar-refractivity contribution in [1.82, 2.24) is 25.3 Å². The summed E-state index contributed by atoms with van der Waals surface area (Å²) in [5.74, 6) is 0. The Morgan fingerprint density at radius 2 is 0.968 bits per heavy atom. The van der Waals surface area contributed by atoms with E-state index in [4.69, 9.17) is 0 Å². The van der Waals surface area contributed by atoms with Crippen LogP contribution in [0.25, 0.3) is 0 Å². The molecule has 0 unspecified atom stereocenters. The number of hydrogen-bond donors (Lipinski definition) is 2. The Bertz CT molecular complexity index is 625. The van der Waals surface area contributed by atoms with Crippen molar-refractivity contribution in [2.24, 2.45) is 0 Å². The zero-order valence-corrected chi connectivity index (χ0v) is 21.3. The Morgan fingerprint density at radius 1 is 0.677 bits per heavy atom. The van der Waals surface area contributed by atoms with Crippen molar-refractivity contribution in [3.63, 3.8) is 0 Å². The van der Waals surface area contributed by atoms with Gasteiger partial charge in [-0.25, -0.2) is 14.5 Å². The molecule has 178 valence electrons. The van der Waals surface area contributed by atoms with Crippen LogP contribution in [0, 0.1) is 0 Å². The normalized spacial score (nSPS) is 29.3. The van der Waals surface area contributed by atoms with E-state index in [0.717, 1.165) is 25.7 Å². The highest BCUT2D eigenvalue weighted by molar-refractivity contribution is 5.94. The molecule has 7 nitrogen and oxygen atoms in total. The smallest absolute Gasteiger partial charge is 0.319 e. The molecule has 0 aliphatic carbocycles. The molecule has 0 spiro atoms. The Hall–Kier alpha value is -1.34. The molecule has 0 aromatic rings. The molecular weight excluding hydrogens is 390 g/mol. The molecule has 0 aromatic heterocycles. The number of rotatable bonds is 3. The van der Waals surface area contributed by atoms with Crippen LogP contribution in [0.15, 0.2) is 0 Å². The molecule has 7 heteroatoms. The van der Waals surface area contributed by atoms with Crippen molar-refractivity contribution < 1.29 is 9.59 Å². The first kappa shape index (κ1) is 24.3. The van der Waals surface area contributed by atoms with Crippen molar-refractivity contribution in [3.8, 4) is 0 Å². The van der Waals surface area contributed by atoms with Crippen LogP contribution >= 0.6 is 0 Å². The molecular formula is C24H45N5O2.